The van der Waals surface area contributed by atoms with Crippen molar-refractivity contribution in [2.45, 2.75) is 57.6 Å². The molecule has 1 saturated carbocycles. The van der Waals surface area contributed by atoms with Gasteiger partial charge in [-0.3, -0.25) is 19.5 Å². The molecule has 0 radical (unpaired) electrons. The van der Waals surface area contributed by atoms with Gasteiger partial charge in [0.15, 0.2) is 0 Å². The third-order valence-electron chi connectivity index (χ3n) is 6.87. The molecule has 1 aromatic carbocycles. The van der Waals surface area contributed by atoms with Crippen molar-refractivity contribution in [3.8, 4) is 0 Å². The Balaban J connectivity index is 1.45. The fraction of sp³-hybridized carbons (Fsp3) is 0.522. The largest absolute Gasteiger partial charge is 0.375 e. The van der Waals surface area contributed by atoms with Gasteiger partial charge in [0, 0.05) is 42.9 Å². The third kappa shape index (κ3) is 4.22. The monoisotopic (exact) mass is 426 g/mol. The lowest BCUT2D eigenvalue weighted by molar-refractivity contribution is -0.134. The highest BCUT2D eigenvalue weighted by atomic mass is 16.5. The Labute approximate surface area is 181 Å². The average Bonchev–Trinajstić information content (AvgIpc) is 3.43. The van der Waals surface area contributed by atoms with Crippen LogP contribution in [-0.4, -0.2) is 45.1 Å². The second kappa shape index (κ2) is 8.43. The lowest BCUT2D eigenvalue weighted by Gasteiger charge is -2.22. The molecule has 3 atom stereocenters. The van der Waals surface area contributed by atoms with Crippen LogP contribution >= 0.6 is 0 Å². The van der Waals surface area contributed by atoms with E-state index in [0.717, 1.165) is 36.2 Å². The summed E-state index contributed by atoms with van der Waals surface area (Å²) < 4.78 is 7.80. The molecule has 0 bridgehead atoms. The quantitative estimate of drug-likeness (QED) is 0.502. The van der Waals surface area contributed by atoms with Gasteiger partial charge >= 0.3 is 0 Å². The van der Waals surface area contributed by atoms with Crippen molar-refractivity contribution in [3.63, 3.8) is 0 Å². The van der Waals surface area contributed by atoms with Crippen LogP contribution in [0.1, 0.15) is 58.6 Å². The highest BCUT2D eigenvalue weighted by Gasteiger charge is 2.51. The zero-order chi connectivity index (χ0) is 22.2. The fourth-order valence-corrected chi connectivity index (χ4v) is 5.06. The van der Waals surface area contributed by atoms with Gasteiger partial charge < -0.3 is 10.1 Å². The highest BCUT2D eigenvalue weighted by molar-refractivity contribution is 5.95. The standard InChI is InChI=1S/C23H30N4O4/c1-14-18(15(2)27(3)25-14)11-16-5-7-17(8-6-16)21(28)24-20-13-23(9-4-10-31-23)12-19(20)22(29)26-30/h5-8,19-20,30H,4,9-13H2,1-3H3,(H,24,28)(H,26,29)/t19-,20+,23+/m0/s1. The lowest BCUT2D eigenvalue weighted by atomic mass is 9.96. The normalized spacial score (nSPS) is 25.2. The molecule has 4 rings (SSSR count). The molecule has 0 unspecified atom stereocenters. The Morgan fingerprint density at radius 2 is 2.00 bits per heavy atom. The van der Waals surface area contributed by atoms with Gasteiger partial charge in [-0.05, 0) is 57.2 Å². The Bertz CT molecular complexity index is 976. The van der Waals surface area contributed by atoms with E-state index >= 15 is 0 Å². The number of ether oxygens (including phenoxy) is 1. The number of nitrogens with one attached hydrogen (secondary N) is 2. The van der Waals surface area contributed by atoms with E-state index in [4.69, 9.17) is 9.94 Å². The number of hydrogen-bond acceptors (Lipinski definition) is 5. The number of carbonyl (C=O) groups is 2. The van der Waals surface area contributed by atoms with E-state index < -0.39 is 11.8 Å². The Kier molecular flexibility index (Phi) is 5.85. The van der Waals surface area contributed by atoms with E-state index in [1.807, 2.05) is 42.9 Å². The van der Waals surface area contributed by atoms with Crippen molar-refractivity contribution in [1.29, 1.82) is 0 Å². The number of rotatable bonds is 5. The summed E-state index contributed by atoms with van der Waals surface area (Å²) in [4.78, 5) is 25.1. The fourth-order valence-electron chi connectivity index (χ4n) is 5.06. The zero-order valence-electron chi connectivity index (χ0n) is 18.3. The lowest BCUT2D eigenvalue weighted by Crippen LogP contribution is -2.43. The van der Waals surface area contributed by atoms with E-state index in [1.165, 1.54) is 5.56 Å². The summed E-state index contributed by atoms with van der Waals surface area (Å²) in [5.74, 6) is -1.21. The zero-order valence-corrected chi connectivity index (χ0v) is 18.3. The summed E-state index contributed by atoms with van der Waals surface area (Å²) in [5.41, 5.74) is 6.36. The van der Waals surface area contributed by atoms with E-state index in [0.29, 0.717) is 25.0 Å². The van der Waals surface area contributed by atoms with Crippen LogP contribution in [0, 0.1) is 19.8 Å². The maximum Gasteiger partial charge on any atom is 0.251 e. The number of hydroxylamine groups is 1. The van der Waals surface area contributed by atoms with Crippen molar-refractivity contribution < 1.29 is 19.5 Å². The molecule has 8 nitrogen and oxygen atoms in total. The number of hydrogen-bond donors (Lipinski definition) is 3. The number of aryl methyl sites for hydroxylation is 2. The smallest absolute Gasteiger partial charge is 0.251 e. The first kappa shape index (κ1) is 21.5. The Hall–Kier alpha value is -2.71. The van der Waals surface area contributed by atoms with Crippen LogP contribution in [-0.2, 0) is 23.0 Å². The van der Waals surface area contributed by atoms with Crippen molar-refractivity contribution >= 4 is 11.8 Å². The van der Waals surface area contributed by atoms with E-state index in [2.05, 4.69) is 17.3 Å². The molecule has 2 aromatic rings. The van der Waals surface area contributed by atoms with Crippen LogP contribution in [0.15, 0.2) is 24.3 Å². The topological polar surface area (TPSA) is 105 Å². The molecule has 2 heterocycles. The first-order valence-electron chi connectivity index (χ1n) is 10.8. The predicted molar refractivity (Wildman–Crippen MR) is 114 cm³/mol. The van der Waals surface area contributed by atoms with Crippen molar-refractivity contribution in [2.24, 2.45) is 13.0 Å². The summed E-state index contributed by atoms with van der Waals surface area (Å²) in [6.45, 7) is 4.73. The molecule has 3 N–H and O–H groups in total. The molecular formula is C23H30N4O4. The molecule has 1 aliphatic carbocycles. The molecule has 2 fully saturated rings. The molecule has 1 aromatic heterocycles. The SMILES string of the molecule is Cc1nn(C)c(C)c1Cc1ccc(C(=O)N[C@@H]2C[C@@]3(CCCO3)C[C@@H]2C(=O)NO)cc1. The molecular weight excluding hydrogens is 396 g/mol. The molecule has 8 heteroatoms. The van der Waals surface area contributed by atoms with E-state index in [9.17, 15) is 9.59 Å². The first-order valence-corrected chi connectivity index (χ1v) is 10.8. The van der Waals surface area contributed by atoms with Gasteiger partial charge in [0.1, 0.15) is 0 Å². The second-order valence-corrected chi connectivity index (χ2v) is 8.85. The first-order chi connectivity index (χ1) is 14.8. The number of carbonyl (C=O) groups excluding carboxylic acids is 2. The van der Waals surface area contributed by atoms with Gasteiger partial charge in [0.25, 0.3) is 5.91 Å². The van der Waals surface area contributed by atoms with Gasteiger partial charge in [-0.15, -0.1) is 0 Å². The highest BCUT2D eigenvalue weighted by Crippen LogP contribution is 2.44. The molecule has 1 saturated heterocycles. The van der Waals surface area contributed by atoms with Crippen LogP contribution in [0.25, 0.3) is 0 Å². The van der Waals surface area contributed by atoms with E-state index in [-0.39, 0.29) is 17.6 Å². The number of aromatic nitrogens is 2. The minimum Gasteiger partial charge on any atom is -0.375 e. The maximum absolute atomic E-state index is 12.9. The number of amides is 2. The van der Waals surface area contributed by atoms with Crippen molar-refractivity contribution in [1.82, 2.24) is 20.6 Å². The molecule has 166 valence electrons. The van der Waals surface area contributed by atoms with Crippen LogP contribution in [0.5, 0.6) is 0 Å². The summed E-state index contributed by atoms with van der Waals surface area (Å²) in [6.07, 6.45) is 3.66. The van der Waals surface area contributed by atoms with Crippen LogP contribution < -0.4 is 10.8 Å². The summed E-state index contributed by atoms with van der Waals surface area (Å²) >= 11 is 0. The van der Waals surface area contributed by atoms with Gasteiger partial charge in [0.2, 0.25) is 5.91 Å². The maximum atomic E-state index is 12.9. The van der Waals surface area contributed by atoms with Crippen LogP contribution in [0.3, 0.4) is 0 Å². The predicted octanol–water partition coefficient (Wildman–Crippen LogP) is 2.19. The third-order valence-corrected chi connectivity index (χ3v) is 6.87. The molecule has 31 heavy (non-hydrogen) atoms. The number of nitrogens with zero attached hydrogens (tertiary/aromatic N) is 2. The summed E-state index contributed by atoms with van der Waals surface area (Å²) in [7, 11) is 1.94. The van der Waals surface area contributed by atoms with Gasteiger partial charge in [-0.25, -0.2) is 5.48 Å². The molecule has 2 amide bonds. The van der Waals surface area contributed by atoms with Crippen LogP contribution in [0.4, 0.5) is 0 Å². The van der Waals surface area contributed by atoms with Gasteiger partial charge in [0.05, 0.1) is 17.2 Å². The summed E-state index contributed by atoms with van der Waals surface area (Å²) in [6, 6.07) is 7.15. The second-order valence-electron chi connectivity index (χ2n) is 8.85. The molecule has 1 aliphatic heterocycles. The van der Waals surface area contributed by atoms with Crippen molar-refractivity contribution in [2.75, 3.05) is 6.61 Å². The molecule has 2 aliphatic rings. The average molecular weight is 427 g/mol. The Morgan fingerprint density at radius 1 is 1.26 bits per heavy atom. The summed E-state index contributed by atoms with van der Waals surface area (Å²) in [5, 5.41) is 16.6. The number of benzene rings is 1. The minimum absolute atomic E-state index is 0.226. The van der Waals surface area contributed by atoms with Crippen molar-refractivity contribution in [3.05, 3.63) is 52.3 Å². The van der Waals surface area contributed by atoms with E-state index in [1.54, 1.807) is 5.48 Å². The molecule has 1 spiro atoms. The Morgan fingerprint density at radius 3 is 2.58 bits per heavy atom. The van der Waals surface area contributed by atoms with Crippen LogP contribution in [0.2, 0.25) is 0 Å². The van der Waals surface area contributed by atoms with Gasteiger partial charge in [-0.2, -0.15) is 5.10 Å². The minimum atomic E-state index is -0.511. The van der Waals surface area contributed by atoms with Gasteiger partial charge in [-0.1, -0.05) is 12.1 Å².